The van der Waals surface area contributed by atoms with E-state index in [1.165, 1.54) is 35.0 Å². The highest BCUT2D eigenvalue weighted by molar-refractivity contribution is 5.94. The summed E-state index contributed by atoms with van der Waals surface area (Å²) in [5.41, 5.74) is 0.902. The normalized spacial score (nSPS) is 12.0. The van der Waals surface area contributed by atoms with Crippen molar-refractivity contribution in [2.75, 3.05) is 19.6 Å². The third-order valence-corrected chi connectivity index (χ3v) is 5.76. The number of aromatic nitrogens is 2. The molecular weight excluding hydrogens is 437 g/mol. The standard InChI is InChI=1S/C25H30FN5O3/c1-4-29(5-2)15-9-10-18(3)27-25(32)24-17-23(21-13-6-7-14-22(21)26)28-30(24)19-11-8-12-20(16-19)31(33)34/h6-8,11-14,16-18H,4-5,9-10,15H2,1-3H3,(H,27,32). The van der Waals surface area contributed by atoms with Gasteiger partial charge < -0.3 is 10.2 Å². The van der Waals surface area contributed by atoms with Gasteiger partial charge in [-0.25, -0.2) is 9.07 Å². The summed E-state index contributed by atoms with van der Waals surface area (Å²) in [6, 6.07) is 13.4. The molecule has 180 valence electrons. The van der Waals surface area contributed by atoms with Crippen LogP contribution in [-0.4, -0.2) is 51.2 Å². The lowest BCUT2D eigenvalue weighted by Gasteiger charge is -2.20. The molecular formula is C25H30FN5O3. The molecule has 0 aliphatic heterocycles. The first-order chi connectivity index (χ1) is 16.3. The number of carbonyl (C=O) groups is 1. The highest BCUT2D eigenvalue weighted by Crippen LogP contribution is 2.25. The van der Waals surface area contributed by atoms with Crippen molar-refractivity contribution < 1.29 is 14.1 Å². The van der Waals surface area contributed by atoms with Gasteiger partial charge in [0.05, 0.1) is 16.3 Å². The van der Waals surface area contributed by atoms with E-state index in [1.807, 2.05) is 6.92 Å². The van der Waals surface area contributed by atoms with Gasteiger partial charge in [-0.1, -0.05) is 32.0 Å². The van der Waals surface area contributed by atoms with E-state index in [2.05, 4.69) is 29.2 Å². The number of rotatable bonds is 11. The van der Waals surface area contributed by atoms with Crippen molar-refractivity contribution in [1.29, 1.82) is 0 Å². The molecule has 0 spiro atoms. The summed E-state index contributed by atoms with van der Waals surface area (Å²) in [5, 5.41) is 18.7. The van der Waals surface area contributed by atoms with E-state index in [1.54, 1.807) is 24.3 Å². The van der Waals surface area contributed by atoms with E-state index in [0.29, 0.717) is 5.69 Å². The van der Waals surface area contributed by atoms with Gasteiger partial charge >= 0.3 is 0 Å². The summed E-state index contributed by atoms with van der Waals surface area (Å²) >= 11 is 0. The van der Waals surface area contributed by atoms with Gasteiger partial charge in [-0.3, -0.25) is 14.9 Å². The molecule has 3 rings (SSSR count). The number of halogens is 1. The van der Waals surface area contributed by atoms with Crippen LogP contribution >= 0.6 is 0 Å². The molecule has 1 amide bonds. The maximum absolute atomic E-state index is 14.4. The predicted molar refractivity (Wildman–Crippen MR) is 130 cm³/mol. The molecule has 0 radical (unpaired) electrons. The van der Waals surface area contributed by atoms with Crippen LogP contribution in [-0.2, 0) is 0 Å². The van der Waals surface area contributed by atoms with Gasteiger partial charge in [0.15, 0.2) is 0 Å². The van der Waals surface area contributed by atoms with Gasteiger partial charge in [0.25, 0.3) is 11.6 Å². The number of hydrogen-bond donors (Lipinski definition) is 1. The molecule has 1 aromatic heterocycles. The molecule has 0 aliphatic rings. The highest BCUT2D eigenvalue weighted by Gasteiger charge is 2.21. The number of amides is 1. The van der Waals surface area contributed by atoms with Crippen LogP contribution in [0.3, 0.4) is 0 Å². The maximum Gasteiger partial charge on any atom is 0.271 e. The van der Waals surface area contributed by atoms with Crippen molar-refractivity contribution >= 4 is 11.6 Å². The smallest absolute Gasteiger partial charge is 0.271 e. The first-order valence-corrected chi connectivity index (χ1v) is 11.5. The molecule has 8 nitrogen and oxygen atoms in total. The number of non-ortho nitro benzene ring substituents is 1. The molecule has 3 aromatic rings. The molecule has 0 bridgehead atoms. The Balaban J connectivity index is 1.89. The third-order valence-electron chi connectivity index (χ3n) is 5.76. The lowest BCUT2D eigenvalue weighted by Crippen LogP contribution is -2.34. The molecule has 0 aliphatic carbocycles. The zero-order valence-electron chi connectivity index (χ0n) is 19.7. The summed E-state index contributed by atoms with van der Waals surface area (Å²) in [6.45, 7) is 9.10. The Kier molecular flexibility index (Phi) is 8.48. The Morgan fingerprint density at radius 2 is 1.91 bits per heavy atom. The summed E-state index contributed by atoms with van der Waals surface area (Å²) in [4.78, 5) is 26.3. The molecule has 2 aromatic carbocycles. The largest absolute Gasteiger partial charge is 0.348 e. The second-order valence-electron chi connectivity index (χ2n) is 8.13. The predicted octanol–water partition coefficient (Wildman–Crippen LogP) is 4.83. The van der Waals surface area contributed by atoms with Crippen LogP contribution in [0.15, 0.2) is 54.6 Å². The molecule has 1 N–H and O–H groups in total. The Morgan fingerprint density at radius 1 is 1.18 bits per heavy atom. The van der Waals surface area contributed by atoms with Crippen molar-refractivity contribution in [1.82, 2.24) is 20.0 Å². The topological polar surface area (TPSA) is 93.3 Å². The van der Waals surface area contributed by atoms with Crippen LogP contribution in [0.5, 0.6) is 0 Å². The molecule has 1 atom stereocenters. The fraction of sp³-hybridized carbons (Fsp3) is 0.360. The quantitative estimate of drug-likeness (QED) is 0.322. The van der Waals surface area contributed by atoms with Gasteiger partial charge in [0.2, 0.25) is 0 Å². The van der Waals surface area contributed by atoms with Gasteiger partial charge in [-0.15, -0.1) is 0 Å². The van der Waals surface area contributed by atoms with Crippen LogP contribution in [0.2, 0.25) is 0 Å². The van der Waals surface area contributed by atoms with Crippen molar-refractivity contribution in [3.05, 3.63) is 76.2 Å². The van der Waals surface area contributed by atoms with Crippen molar-refractivity contribution in [3.63, 3.8) is 0 Å². The first kappa shape index (κ1) is 25.0. The van der Waals surface area contributed by atoms with E-state index in [9.17, 15) is 19.3 Å². The molecule has 0 saturated heterocycles. The third kappa shape index (κ3) is 6.05. The molecule has 1 heterocycles. The van der Waals surface area contributed by atoms with Crippen LogP contribution in [0.4, 0.5) is 10.1 Å². The summed E-state index contributed by atoms with van der Waals surface area (Å²) in [6.07, 6.45) is 1.74. The summed E-state index contributed by atoms with van der Waals surface area (Å²) in [7, 11) is 0. The van der Waals surface area contributed by atoms with Crippen molar-refractivity contribution in [2.45, 2.75) is 39.7 Å². The highest BCUT2D eigenvalue weighted by atomic mass is 19.1. The average Bonchev–Trinajstić information content (AvgIpc) is 3.28. The molecule has 9 heteroatoms. The van der Waals surface area contributed by atoms with Crippen molar-refractivity contribution in [3.8, 4) is 16.9 Å². The number of nitrogens with zero attached hydrogens (tertiary/aromatic N) is 4. The summed E-state index contributed by atoms with van der Waals surface area (Å²) < 4.78 is 15.7. The minimum atomic E-state index is -0.511. The van der Waals surface area contributed by atoms with E-state index in [0.717, 1.165) is 32.5 Å². The van der Waals surface area contributed by atoms with Gasteiger partial charge in [-0.05, 0) is 63.7 Å². The zero-order chi connectivity index (χ0) is 24.7. The van der Waals surface area contributed by atoms with Gasteiger partial charge in [-0.2, -0.15) is 5.10 Å². The second-order valence-corrected chi connectivity index (χ2v) is 8.13. The number of hydrogen-bond acceptors (Lipinski definition) is 5. The lowest BCUT2D eigenvalue weighted by atomic mass is 10.1. The van der Waals surface area contributed by atoms with Gasteiger partial charge in [0.1, 0.15) is 11.5 Å². The lowest BCUT2D eigenvalue weighted by molar-refractivity contribution is -0.384. The Morgan fingerprint density at radius 3 is 2.59 bits per heavy atom. The number of carbonyl (C=O) groups excluding carboxylic acids is 1. The first-order valence-electron chi connectivity index (χ1n) is 11.5. The summed E-state index contributed by atoms with van der Waals surface area (Å²) in [5.74, 6) is -0.847. The minimum Gasteiger partial charge on any atom is -0.348 e. The molecule has 1 unspecified atom stereocenters. The molecule has 34 heavy (non-hydrogen) atoms. The van der Waals surface area contributed by atoms with E-state index in [-0.39, 0.29) is 34.6 Å². The fourth-order valence-corrected chi connectivity index (χ4v) is 3.81. The Labute approximate surface area is 198 Å². The molecule has 0 saturated carbocycles. The maximum atomic E-state index is 14.4. The second kappa shape index (κ2) is 11.5. The van der Waals surface area contributed by atoms with Crippen LogP contribution in [0.25, 0.3) is 16.9 Å². The van der Waals surface area contributed by atoms with Crippen LogP contribution < -0.4 is 5.32 Å². The zero-order valence-corrected chi connectivity index (χ0v) is 19.7. The fourth-order valence-electron chi connectivity index (χ4n) is 3.81. The number of benzene rings is 2. The SMILES string of the molecule is CCN(CC)CCCC(C)NC(=O)c1cc(-c2ccccc2F)nn1-c1cccc([N+](=O)[O-])c1. The van der Waals surface area contributed by atoms with E-state index in [4.69, 9.17) is 0 Å². The number of nitrogens with one attached hydrogen (secondary N) is 1. The van der Waals surface area contributed by atoms with E-state index < -0.39 is 10.7 Å². The number of nitro benzene ring substituents is 1. The Hall–Kier alpha value is -3.59. The van der Waals surface area contributed by atoms with Gasteiger partial charge in [0, 0.05) is 23.7 Å². The van der Waals surface area contributed by atoms with E-state index >= 15 is 0 Å². The van der Waals surface area contributed by atoms with Crippen molar-refractivity contribution in [2.24, 2.45) is 0 Å². The number of nitro groups is 1. The van der Waals surface area contributed by atoms with Crippen LogP contribution in [0.1, 0.15) is 44.1 Å². The minimum absolute atomic E-state index is 0.0894. The average molecular weight is 468 g/mol. The monoisotopic (exact) mass is 467 g/mol. The van der Waals surface area contributed by atoms with Crippen LogP contribution in [0, 0.1) is 15.9 Å². The molecule has 0 fully saturated rings. The Bertz CT molecular complexity index is 1140.